The quantitative estimate of drug-likeness (QED) is 0.0130. The van der Waals surface area contributed by atoms with Gasteiger partial charge in [0.15, 0.2) is 41.4 Å². The van der Waals surface area contributed by atoms with Crippen molar-refractivity contribution in [2.24, 2.45) is 13.0 Å². The van der Waals surface area contributed by atoms with E-state index in [-0.39, 0.29) is 64.4 Å². The molecule has 0 aromatic carbocycles. The van der Waals surface area contributed by atoms with E-state index in [0.29, 0.717) is 0 Å². The first-order chi connectivity index (χ1) is 37.2. The largest absolute Gasteiger partial charge is 0.490 e. The maximum absolute atomic E-state index is 13.7. The van der Waals surface area contributed by atoms with Crippen LogP contribution in [0.2, 0.25) is 0 Å². The van der Waals surface area contributed by atoms with Gasteiger partial charge in [0.2, 0.25) is 17.7 Å². The Balaban J connectivity index is 0.873. The maximum atomic E-state index is 13.7. The molecule has 0 amide bonds. The maximum Gasteiger partial charge on any atom is 0.490 e. The number of nitrogens with one attached hydrogen (secondary N) is 2. The zero-order chi connectivity index (χ0) is 57.1. The highest BCUT2D eigenvalue weighted by Gasteiger charge is 2.54. The van der Waals surface area contributed by atoms with Crippen LogP contribution in [0, 0.1) is 5.92 Å². The number of hydrogen-bond donors (Lipinski definition) is 12. The first kappa shape index (κ1) is 58.3. The van der Waals surface area contributed by atoms with E-state index in [2.05, 4.69) is 55.1 Å². The van der Waals surface area contributed by atoms with E-state index in [1.54, 1.807) is 0 Å². The fourth-order valence-electron chi connectivity index (χ4n) is 8.87. The number of aryl methyl sites for hydroxylation is 1. The number of aliphatic hydroxyl groups is 3. The third-order valence-electron chi connectivity index (χ3n) is 12.3. The van der Waals surface area contributed by atoms with Crippen LogP contribution in [0.4, 0.5) is 17.7 Å². The average molecular weight is 1200 g/mol. The predicted octanol–water partition coefficient (Wildman–Crippen LogP) is -3.25. The van der Waals surface area contributed by atoms with Gasteiger partial charge in [0.1, 0.15) is 54.6 Å². The fourth-order valence-corrected chi connectivity index (χ4v) is 13.4. The van der Waals surface area contributed by atoms with Gasteiger partial charge in [-0.3, -0.25) is 51.4 Å². The van der Waals surface area contributed by atoms with E-state index in [9.17, 15) is 62.7 Å². The summed E-state index contributed by atoms with van der Waals surface area (Å²) in [7, 11) is -20.8. The Labute approximate surface area is 439 Å². The predicted molar refractivity (Wildman–Crippen MR) is 257 cm³/mol. The van der Waals surface area contributed by atoms with E-state index < -0.39 is 136 Å². The molecule has 3 aliphatic rings. The molecule has 43 heteroatoms. The van der Waals surface area contributed by atoms with Gasteiger partial charge in [0.25, 0.3) is 17.1 Å². The summed E-state index contributed by atoms with van der Waals surface area (Å²) in [6.07, 6.45) is -11.6. The molecule has 3 fully saturated rings. The SMILES string of the molecule is C=CCOCC1[C@@H](O)C([n+]2cn(C)c3c(=O)[nH]c(N)nc32)O[C@@H]1COP(=O)(O)OP(=O)(O)OP(=O)(O)OC[C@H]1O[C@@H](n2cnc3c(N)ncnc32)[C@H](OC)[C@@H]1OP(=O)(O)OC[C@H]1O[C@@H](n2cnc3c(=O)[nH]c(N)nc32)[C@H](O)[C@@H]1O. The van der Waals surface area contributed by atoms with E-state index in [1.165, 1.54) is 33.2 Å². The van der Waals surface area contributed by atoms with Crippen LogP contribution < -0.4 is 32.9 Å². The minimum atomic E-state index is -6.20. The highest BCUT2D eigenvalue weighted by Crippen LogP contribution is 2.68. The summed E-state index contributed by atoms with van der Waals surface area (Å²) in [5.41, 5.74) is 15.7. The Bertz CT molecular complexity index is 3580. The van der Waals surface area contributed by atoms with Gasteiger partial charge < -0.3 is 75.8 Å². The number of fused-ring (bicyclic) bond motifs is 3. The van der Waals surface area contributed by atoms with Crippen molar-refractivity contribution in [3.8, 4) is 0 Å². The minimum absolute atomic E-state index is 0.0126. The summed E-state index contributed by atoms with van der Waals surface area (Å²) < 4.78 is 116. The number of nitrogens with zero attached hydrogens (tertiary/aromatic N) is 10. The molecule has 6 unspecified atom stereocenters. The van der Waals surface area contributed by atoms with E-state index >= 15 is 0 Å². The van der Waals surface area contributed by atoms with E-state index in [4.69, 9.17) is 59.0 Å². The van der Waals surface area contributed by atoms with Crippen LogP contribution in [0.5, 0.6) is 0 Å². The Morgan fingerprint density at radius 2 is 1.33 bits per heavy atom. The molecule has 15 N–H and O–H groups in total. The fraction of sp³-hybridized carbons (Fsp3) is 0.528. The number of phosphoric ester groups is 3. The van der Waals surface area contributed by atoms with Crippen LogP contribution in [0.25, 0.3) is 33.5 Å². The molecular weight excluding hydrogens is 1150 g/mol. The molecule has 9 heterocycles. The first-order valence-electron chi connectivity index (χ1n) is 22.7. The number of H-pyrrole nitrogens is 2. The zero-order valence-electron chi connectivity index (χ0n) is 40.6. The van der Waals surface area contributed by atoms with Crippen LogP contribution in [0.15, 0.2) is 47.6 Å². The lowest BCUT2D eigenvalue weighted by Gasteiger charge is -2.26. The number of aliphatic hydroxyl groups excluding tert-OH is 3. The Morgan fingerprint density at radius 1 is 0.722 bits per heavy atom. The van der Waals surface area contributed by atoms with Gasteiger partial charge in [0, 0.05) is 13.0 Å². The molecular formula is C36H50N15O24P4+. The number of aromatic amines is 2. The summed E-state index contributed by atoms with van der Waals surface area (Å²) in [4.78, 5) is 96.7. The van der Waals surface area contributed by atoms with Crippen molar-refractivity contribution < 1.29 is 108 Å². The number of hydrogen-bond acceptors (Lipinski definition) is 29. The molecule has 432 valence electrons. The van der Waals surface area contributed by atoms with Gasteiger partial charge in [-0.1, -0.05) is 11.1 Å². The normalized spacial score (nSPS) is 29.5. The zero-order valence-corrected chi connectivity index (χ0v) is 44.2. The Morgan fingerprint density at radius 3 is 2.01 bits per heavy atom. The molecule has 3 aliphatic heterocycles. The average Bonchev–Trinajstić information content (AvgIpc) is 4.43. The number of nitrogens with two attached hydrogens (primary N) is 3. The number of aromatic nitrogens is 12. The van der Waals surface area contributed by atoms with Crippen LogP contribution in [-0.2, 0) is 75.7 Å². The number of phosphoric acid groups is 4. The van der Waals surface area contributed by atoms with Gasteiger partial charge >= 0.3 is 36.9 Å². The Hall–Kier alpha value is -5.41. The van der Waals surface area contributed by atoms with E-state index in [1.807, 2.05) is 0 Å². The molecule has 0 aliphatic carbocycles. The summed E-state index contributed by atoms with van der Waals surface area (Å²) in [6, 6.07) is 0. The first-order valence-corrected chi connectivity index (χ1v) is 28.7. The van der Waals surface area contributed by atoms with Crippen molar-refractivity contribution in [2.75, 3.05) is 57.3 Å². The van der Waals surface area contributed by atoms with Crippen molar-refractivity contribution in [1.82, 2.24) is 53.6 Å². The van der Waals surface area contributed by atoms with Gasteiger partial charge in [-0.05, 0) is 0 Å². The van der Waals surface area contributed by atoms with E-state index in [0.717, 1.165) is 30.7 Å². The summed E-state index contributed by atoms with van der Waals surface area (Å²) in [5, 5.41) is 33.2. The Kier molecular flexibility index (Phi) is 16.6. The smallest absolute Gasteiger partial charge is 0.387 e. The van der Waals surface area contributed by atoms with Crippen molar-refractivity contribution in [1.29, 1.82) is 0 Å². The molecule has 0 saturated carbocycles. The summed E-state index contributed by atoms with van der Waals surface area (Å²) >= 11 is 0. The van der Waals surface area contributed by atoms with Crippen LogP contribution in [0.1, 0.15) is 18.7 Å². The number of nitrogen functional groups attached to an aromatic ring is 3. The van der Waals surface area contributed by atoms with Crippen LogP contribution in [-0.4, -0.2) is 177 Å². The number of imidazole rings is 3. The van der Waals surface area contributed by atoms with Gasteiger partial charge in [-0.2, -0.15) is 13.6 Å². The molecule has 9 rings (SSSR count). The number of methoxy groups -OCH3 is 1. The van der Waals surface area contributed by atoms with Gasteiger partial charge in [-0.25, -0.2) is 42.8 Å². The third kappa shape index (κ3) is 12.1. The lowest BCUT2D eigenvalue weighted by Crippen LogP contribution is -2.45. The number of ether oxygens (including phenoxy) is 5. The molecule has 0 spiro atoms. The molecule has 39 nitrogen and oxygen atoms in total. The monoisotopic (exact) mass is 1200 g/mol. The van der Waals surface area contributed by atoms with Gasteiger partial charge in [-0.15, -0.1) is 6.58 Å². The molecule has 6 aromatic rings. The van der Waals surface area contributed by atoms with Crippen molar-refractivity contribution in [2.45, 2.75) is 67.5 Å². The molecule has 3 saturated heterocycles. The second-order valence-electron chi connectivity index (χ2n) is 17.5. The highest BCUT2D eigenvalue weighted by atomic mass is 31.3. The van der Waals surface area contributed by atoms with Crippen LogP contribution in [0.3, 0.4) is 0 Å². The topological polar surface area (TPSA) is 551 Å². The molecule has 16 atom stereocenters. The lowest BCUT2D eigenvalue weighted by atomic mass is 9.99. The second kappa shape index (κ2) is 22.5. The molecule has 79 heavy (non-hydrogen) atoms. The number of rotatable bonds is 23. The summed E-state index contributed by atoms with van der Waals surface area (Å²) in [5.74, 6) is -1.75. The molecule has 0 radical (unpaired) electrons. The minimum Gasteiger partial charge on any atom is -0.387 e. The van der Waals surface area contributed by atoms with Crippen molar-refractivity contribution in [3.05, 3.63) is 58.7 Å². The molecule has 0 bridgehead atoms. The highest BCUT2D eigenvalue weighted by molar-refractivity contribution is 7.66. The lowest BCUT2D eigenvalue weighted by molar-refractivity contribution is -0.745. The molecule has 6 aromatic heterocycles. The van der Waals surface area contributed by atoms with Gasteiger partial charge in [0.05, 0.1) is 58.8 Å². The third-order valence-corrected chi connectivity index (χ3v) is 17.5. The van der Waals surface area contributed by atoms with Crippen molar-refractivity contribution >= 4 is 82.5 Å². The number of anilines is 3. The standard InChI is InChI=1S/C36H49N15O24P4/c1-4-5-66-6-14-15(70-32(21(14)52)51-13-48(2)20-29(51)45-36(39)47-31(20)56)7-68-77(59,60)74-79(63,64)75-78(61,62)69-9-17-24(25(65-3)34(72-17)49-11-42-18-26(37)40-10-41-27(18)49)73-76(57,58)67-8-16-22(53)23(54)33(71-16)50-12-43-19-28(50)44-35(38)46-30(19)55/h4,10-17,21-25,32-34,52-54H,1,5-9H2,2-3H3,(H11-,37,38,39,40,41,44,45,46,47,55,56,57,58,59,60,61,62,63,64)/p+1/t14?,15-,16-,17-,21-,22-,23-,24-,25-,32?,33-,34-/m1/s1. The van der Waals surface area contributed by atoms with Crippen LogP contribution >= 0.6 is 31.3 Å². The summed E-state index contributed by atoms with van der Waals surface area (Å²) in [6.45, 7) is 0.0214. The second-order valence-corrected chi connectivity index (χ2v) is 23.5. The van der Waals surface area contributed by atoms with Crippen molar-refractivity contribution in [3.63, 3.8) is 0 Å².